The van der Waals surface area contributed by atoms with Crippen LogP contribution in [-0.4, -0.2) is 57.6 Å². The van der Waals surface area contributed by atoms with Crippen molar-refractivity contribution in [3.05, 3.63) is 62.5 Å². The number of nitrogens with zero attached hydrogens (tertiary/aromatic N) is 5. The number of nitrogens with one attached hydrogen (secondary N) is 1. The molecule has 1 fully saturated rings. The zero-order chi connectivity index (χ0) is 30.6. The molecule has 15 nitrogen and oxygen atoms in total. The number of azide groups is 1. The second-order valence-electron chi connectivity index (χ2n) is 10.8. The van der Waals surface area contributed by atoms with Gasteiger partial charge in [-0.25, -0.2) is 9.36 Å². The van der Waals surface area contributed by atoms with Crippen LogP contribution >= 0.6 is 19.3 Å². The SMILES string of the molecule is C[C@H](NP(=O)(OC[C@H]1O[C@@H](n2ccc(N)nc2=O)[C@](C)(N=[N+]=[N-])[C@@H]1O)Oc1ccccc1Cl)C(=O)OCC(C)(C)C. The summed E-state index contributed by atoms with van der Waals surface area (Å²) in [6.45, 7) is 7.94. The number of para-hydroxylation sites is 1. The first-order valence-electron chi connectivity index (χ1n) is 12.5. The quantitative estimate of drug-likeness (QED) is 0.109. The molecule has 6 atom stereocenters. The molecule has 41 heavy (non-hydrogen) atoms. The molecule has 0 bridgehead atoms. The number of carbonyl (C=O) groups excluding carboxylic acids is 1. The molecule has 2 heterocycles. The van der Waals surface area contributed by atoms with Crippen molar-refractivity contribution in [2.75, 3.05) is 18.9 Å². The Hall–Kier alpha value is -3.16. The number of hydrogen-bond donors (Lipinski definition) is 3. The lowest BCUT2D eigenvalue weighted by molar-refractivity contribution is -0.148. The van der Waals surface area contributed by atoms with Gasteiger partial charge in [-0.2, -0.15) is 10.1 Å². The molecule has 1 saturated heterocycles. The molecule has 1 aromatic carbocycles. The van der Waals surface area contributed by atoms with Crippen LogP contribution in [0.2, 0.25) is 5.02 Å². The third-order valence-electron chi connectivity index (χ3n) is 5.94. The van der Waals surface area contributed by atoms with Crippen molar-refractivity contribution in [3.63, 3.8) is 0 Å². The summed E-state index contributed by atoms with van der Waals surface area (Å²) in [4.78, 5) is 31.5. The van der Waals surface area contributed by atoms with E-state index in [0.717, 1.165) is 4.57 Å². The first-order valence-corrected chi connectivity index (χ1v) is 14.4. The Balaban J connectivity index is 1.87. The van der Waals surface area contributed by atoms with Gasteiger partial charge in [-0.1, -0.05) is 49.6 Å². The second-order valence-corrected chi connectivity index (χ2v) is 12.9. The minimum absolute atomic E-state index is 0.00977. The first-order chi connectivity index (χ1) is 19.1. The highest BCUT2D eigenvalue weighted by Gasteiger charge is 2.55. The van der Waals surface area contributed by atoms with Gasteiger partial charge in [0.25, 0.3) is 0 Å². The summed E-state index contributed by atoms with van der Waals surface area (Å²) in [5.41, 5.74) is 11.9. The van der Waals surface area contributed by atoms with Crippen LogP contribution < -0.4 is 21.0 Å². The molecule has 1 aromatic heterocycles. The minimum Gasteiger partial charge on any atom is -0.464 e. The minimum atomic E-state index is -4.41. The third-order valence-corrected chi connectivity index (χ3v) is 7.88. The van der Waals surface area contributed by atoms with Crippen molar-refractivity contribution in [3.8, 4) is 5.75 Å². The molecule has 0 amide bonds. The van der Waals surface area contributed by atoms with Gasteiger partial charge in [-0.3, -0.25) is 13.9 Å². The molecule has 3 rings (SSSR count). The monoisotopic (exact) mass is 613 g/mol. The van der Waals surface area contributed by atoms with Crippen molar-refractivity contribution < 1.29 is 33.0 Å². The summed E-state index contributed by atoms with van der Waals surface area (Å²) in [5.74, 6) is -0.770. The van der Waals surface area contributed by atoms with E-state index in [1.54, 1.807) is 12.1 Å². The van der Waals surface area contributed by atoms with Gasteiger partial charge in [0.05, 0.1) is 24.3 Å². The maximum absolute atomic E-state index is 13.9. The molecule has 0 saturated carbocycles. The van der Waals surface area contributed by atoms with Gasteiger partial charge in [-0.05, 0) is 43.0 Å². The fourth-order valence-corrected chi connectivity index (χ4v) is 5.55. The fourth-order valence-electron chi connectivity index (χ4n) is 3.80. The number of aromatic nitrogens is 2. The Morgan fingerprint density at radius 3 is 2.71 bits per heavy atom. The summed E-state index contributed by atoms with van der Waals surface area (Å²) in [7, 11) is -4.41. The molecule has 1 aliphatic heterocycles. The Morgan fingerprint density at radius 1 is 1.41 bits per heavy atom. The van der Waals surface area contributed by atoms with Crippen molar-refractivity contribution in [1.29, 1.82) is 0 Å². The standard InChI is InChI=1S/C24H33ClN7O8P/c1-14(20(34)37-13-23(2,3)4)29-41(36,40-16-9-7-6-8-15(16)25)38-12-17-19(33)24(5,30-31-27)21(39-17)32-11-10-18(26)28-22(32)35/h6-11,14,17,19,21,33H,12-13H2,1-5H3,(H,29,36)(H2,26,28,35)/t14-,17+,19+,21+,24+,41?/m0/s1. The first kappa shape index (κ1) is 32.4. The number of aliphatic hydroxyl groups is 1. The van der Waals surface area contributed by atoms with Crippen LogP contribution in [0.4, 0.5) is 5.82 Å². The van der Waals surface area contributed by atoms with E-state index in [1.807, 2.05) is 20.8 Å². The van der Waals surface area contributed by atoms with Crippen LogP contribution in [-0.2, 0) is 23.4 Å². The normalized spacial score (nSPS) is 24.6. The lowest BCUT2D eigenvalue weighted by Crippen LogP contribution is -2.45. The Labute approximate surface area is 241 Å². The number of anilines is 1. The van der Waals surface area contributed by atoms with Crippen LogP contribution in [0.5, 0.6) is 5.75 Å². The molecule has 0 radical (unpaired) electrons. The molecule has 0 aliphatic carbocycles. The van der Waals surface area contributed by atoms with Crippen LogP contribution in [0.15, 0.2) is 46.4 Å². The maximum Gasteiger partial charge on any atom is 0.459 e. The molecule has 4 N–H and O–H groups in total. The van der Waals surface area contributed by atoms with Crippen LogP contribution in [0.3, 0.4) is 0 Å². The smallest absolute Gasteiger partial charge is 0.459 e. The molecule has 224 valence electrons. The van der Waals surface area contributed by atoms with E-state index >= 15 is 0 Å². The average Bonchev–Trinajstić information content (AvgIpc) is 3.12. The summed E-state index contributed by atoms with van der Waals surface area (Å²) < 4.78 is 37.3. The van der Waals surface area contributed by atoms with Gasteiger partial charge in [-0.15, -0.1) is 0 Å². The van der Waals surface area contributed by atoms with Crippen LogP contribution in [0, 0.1) is 5.41 Å². The number of halogens is 1. The molecule has 1 aliphatic rings. The fraction of sp³-hybridized carbons (Fsp3) is 0.542. The molecule has 0 spiro atoms. The van der Waals surface area contributed by atoms with Gasteiger partial charge >= 0.3 is 19.4 Å². The van der Waals surface area contributed by atoms with Crippen molar-refractivity contribution in [2.45, 2.75) is 64.6 Å². The number of nitrogen functional groups attached to an aromatic ring is 1. The highest BCUT2D eigenvalue weighted by molar-refractivity contribution is 7.52. The Bertz CT molecular complexity index is 1410. The van der Waals surface area contributed by atoms with E-state index in [-0.39, 0.29) is 28.6 Å². The predicted octanol–water partition coefficient (Wildman–Crippen LogP) is 3.58. The van der Waals surface area contributed by atoms with Crippen molar-refractivity contribution in [1.82, 2.24) is 14.6 Å². The lowest BCUT2D eigenvalue weighted by Gasteiger charge is -2.28. The Morgan fingerprint density at radius 2 is 2.10 bits per heavy atom. The summed E-state index contributed by atoms with van der Waals surface area (Å²) in [5, 5.41) is 17.4. The van der Waals surface area contributed by atoms with E-state index in [0.29, 0.717) is 0 Å². The second kappa shape index (κ2) is 12.8. The molecular formula is C24H33ClN7O8P. The van der Waals surface area contributed by atoms with Gasteiger partial charge in [0, 0.05) is 11.1 Å². The predicted molar refractivity (Wildman–Crippen MR) is 149 cm³/mol. The van der Waals surface area contributed by atoms with Gasteiger partial charge in [0.1, 0.15) is 29.3 Å². The number of hydrogen-bond acceptors (Lipinski definition) is 11. The Kier molecular flexibility index (Phi) is 10.1. The summed E-state index contributed by atoms with van der Waals surface area (Å²) in [6, 6.07) is 6.34. The zero-order valence-electron chi connectivity index (χ0n) is 23.1. The van der Waals surface area contributed by atoms with E-state index in [9.17, 15) is 24.8 Å². The highest BCUT2D eigenvalue weighted by atomic mass is 35.5. The van der Waals surface area contributed by atoms with E-state index in [4.69, 9.17) is 35.9 Å². The van der Waals surface area contributed by atoms with Crippen LogP contribution in [0.25, 0.3) is 10.4 Å². The third kappa shape index (κ3) is 7.98. The lowest BCUT2D eigenvalue weighted by atomic mass is 9.93. The molecule has 2 aromatic rings. The number of esters is 1. The van der Waals surface area contributed by atoms with Crippen molar-refractivity contribution in [2.24, 2.45) is 10.5 Å². The van der Waals surface area contributed by atoms with Gasteiger partial charge in [0.2, 0.25) is 0 Å². The molecule has 1 unspecified atom stereocenters. The number of carbonyl (C=O) groups is 1. The number of ether oxygens (including phenoxy) is 2. The summed E-state index contributed by atoms with van der Waals surface area (Å²) in [6.07, 6.45) is -2.89. The average molecular weight is 614 g/mol. The number of nitrogens with two attached hydrogens (primary N) is 1. The van der Waals surface area contributed by atoms with E-state index in [2.05, 4.69) is 20.1 Å². The topological polar surface area (TPSA) is 213 Å². The van der Waals surface area contributed by atoms with Crippen molar-refractivity contribution >= 4 is 31.1 Å². The maximum atomic E-state index is 13.9. The number of aliphatic hydroxyl groups excluding tert-OH is 1. The number of benzene rings is 1. The zero-order valence-corrected chi connectivity index (χ0v) is 24.8. The van der Waals surface area contributed by atoms with Gasteiger partial charge < -0.3 is 24.8 Å². The van der Waals surface area contributed by atoms with Crippen LogP contribution in [0.1, 0.15) is 40.8 Å². The molecular weight excluding hydrogens is 581 g/mol. The summed E-state index contributed by atoms with van der Waals surface area (Å²) >= 11 is 6.19. The van der Waals surface area contributed by atoms with Gasteiger partial charge in [0.15, 0.2) is 6.23 Å². The number of rotatable bonds is 11. The highest BCUT2D eigenvalue weighted by Crippen LogP contribution is 2.48. The van der Waals surface area contributed by atoms with E-state index in [1.165, 1.54) is 38.2 Å². The largest absolute Gasteiger partial charge is 0.464 e. The molecule has 17 heteroatoms. The van der Waals surface area contributed by atoms with E-state index < -0.39 is 56.0 Å².